The van der Waals surface area contributed by atoms with Crippen LogP contribution in [0.25, 0.3) is 0 Å². The molecule has 0 spiro atoms. The Bertz CT molecular complexity index is 280. The van der Waals surface area contributed by atoms with Crippen molar-refractivity contribution >= 4 is 5.82 Å². The van der Waals surface area contributed by atoms with Crippen molar-refractivity contribution in [1.29, 1.82) is 0 Å². The van der Waals surface area contributed by atoms with E-state index in [-0.39, 0.29) is 0 Å². The molecule has 0 aliphatic carbocycles. The average Bonchev–Trinajstić information content (AvgIpc) is 2.28. The van der Waals surface area contributed by atoms with Gasteiger partial charge in [-0.05, 0) is 30.5 Å². The van der Waals surface area contributed by atoms with E-state index in [1.165, 1.54) is 12.0 Å². The Balaban J connectivity index is 2.35. The maximum absolute atomic E-state index is 4.38. The lowest BCUT2D eigenvalue weighted by Gasteiger charge is -2.08. The van der Waals surface area contributed by atoms with Gasteiger partial charge in [-0.25, -0.2) is 4.98 Å². The smallest absolute Gasteiger partial charge is 0.125 e. The third kappa shape index (κ3) is 5.12. The lowest BCUT2D eigenvalue weighted by Crippen LogP contribution is -2.14. The molecule has 3 nitrogen and oxygen atoms in total. The minimum Gasteiger partial charge on any atom is -0.370 e. The Morgan fingerprint density at radius 2 is 2.12 bits per heavy atom. The highest BCUT2D eigenvalue weighted by molar-refractivity contribution is 5.35. The molecule has 0 radical (unpaired) electrons. The summed E-state index contributed by atoms with van der Waals surface area (Å²) in [4.78, 5) is 4.38. The van der Waals surface area contributed by atoms with Gasteiger partial charge in [0.2, 0.25) is 0 Å². The number of pyridine rings is 1. The van der Waals surface area contributed by atoms with Gasteiger partial charge in [0, 0.05) is 19.3 Å². The monoisotopic (exact) mass is 221 g/mol. The van der Waals surface area contributed by atoms with E-state index in [4.69, 9.17) is 0 Å². The molecule has 3 heteroatoms. The topological polar surface area (TPSA) is 37.0 Å². The lowest BCUT2D eigenvalue weighted by atomic mass is 10.2. The van der Waals surface area contributed by atoms with Gasteiger partial charge in [0.25, 0.3) is 0 Å². The van der Waals surface area contributed by atoms with Crippen LogP contribution in [0, 0.1) is 5.92 Å². The van der Waals surface area contributed by atoms with Gasteiger partial charge < -0.3 is 10.6 Å². The molecule has 0 unspecified atom stereocenters. The van der Waals surface area contributed by atoms with Gasteiger partial charge in [0.05, 0.1) is 0 Å². The summed E-state index contributed by atoms with van der Waals surface area (Å²) >= 11 is 0. The molecule has 1 rings (SSSR count). The highest BCUT2D eigenvalue weighted by Gasteiger charge is 1.97. The quantitative estimate of drug-likeness (QED) is 0.695. The summed E-state index contributed by atoms with van der Waals surface area (Å²) in [5.74, 6) is 1.61. The van der Waals surface area contributed by atoms with E-state index in [0.717, 1.165) is 25.5 Å². The van der Waals surface area contributed by atoms with Crippen molar-refractivity contribution in [3.05, 3.63) is 23.9 Å². The second-order valence-electron chi connectivity index (χ2n) is 4.50. The average molecular weight is 221 g/mol. The number of hydrogen-bond donors (Lipinski definition) is 2. The Kier molecular flexibility index (Phi) is 5.86. The van der Waals surface area contributed by atoms with Gasteiger partial charge in [-0.2, -0.15) is 0 Å². The van der Waals surface area contributed by atoms with Gasteiger partial charge in [0.15, 0.2) is 0 Å². The predicted molar refractivity (Wildman–Crippen MR) is 69.6 cm³/mol. The zero-order valence-corrected chi connectivity index (χ0v) is 10.6. The summed E-state index contributed by atoms with van der Waals surface area (Å²) in [5.41, 5.74) is 1.24. The van der Waals surface area contributed by atoms with Crippen molar-refractivity contribution in [1.82, 2.24) is 10.3 Å². The molecule has 2 N–H and O–H groups in total. The molecule has 0 amide bonds. The summed E-state index contributed by atoms with van der Waals surface area (Å²) in [7, 11) is 0. The summed E-state index contributed by atoms with van der Waals surface area (Å²) < 4.78 is 0. The Labute approximate surface area is 98.7 Å². The molecule has 1 heterocycles. The summed E-state index contributed by atoms with van der Waals surface area (Å²) in [5, 5.41) is 6.67. The van der Waals surface area contributed by atoms with Gasteiger partial charge in [-0.15, -0.1) is 0 Å². The largest absolute Gasteiger partial charge is 0.370 e. The fraction of sp³-hybridized carbons (Fsp3) is 0.615. The van der Waals surface area contributed by atoms with Crippen LogP contribution in [0.4, 0.5) is 5.82 Å². The van der Waals surface area contributed by atoms with Crippen molar-refractivity contribution in [3.8, 4) is 0 Å². The summed E-state index contributed by atoms with van der Waals surface area (Å²) in [6, 6.07) is 4.17. The molecule has 16 heavy (non-hydrogen) atoms. The van der Waals surface area contributed by atoms with E-state index < -0.39 is 0 Å². The zero-order valence-electron chi connectivity index (χ0n) is 10.6. The van der Waals surface area contributed by atoms with E-state index in [0.29, 0.717) is 5.92 Å². The van der Waals surface area contributed by atoms with Crippen LogP contribution in [0.2, 0.25) is 0 Å². The molecule has 0 saturated heterocycles. The first kappa shape index (κ1) is 13.0. The second kappa shape index (κ2) is 7.23. The molecule has 1 aromatic rings. The zero-order chi connectivity index (χ0) is 11.8. The molecule has 0 atom stereocenters. The van der Waals surface area contributed by atoms with E-state index >= 15 is 0 Å². The normalized spacial score (nSPS) is 10.8. The van der Waals surface area contributed by atoms with Crippen LogP contribution in [-0.2, 0) is 6.54 Å². The maximum Gasteiger partial charge on any atom is 0.125 e. The van der Waals surface area contributed by atoms with Crippen LogP contribution in [0.15, 0.2) is 18.3 Å². The fourth-order valence-electron chi connectivity index (χ4n) is 1.35. The van der Waals surface area contributed by atoms with Crippen molar-refractivity contribution in [2.75, 3.05) is 18.4 Å². The molecule has 0 aliphatic rings. The first-order valence-corrected chi connectivity index (χ1v) is 6.12. The van der Waals surface area contributed by atoms with Crippen molar-refractivity contribution in [2.45, 2.75) is 33.7 Å². The first-order valence-electron chi connectivity index (χ1n) is 6.12. The predicted octanol–water partition coefficient (Wildman–Crippen LogP) is 2.65. The van der Waals surface area contributed by atoms with E-state index in [1.807, 2.05) is 12.3 Å². The highest BCUT2D eigenvalue weighted by atomic mass is 15.0. The van der Waals surface area contributed by atoms with Crippen LogP contribution in [0.3, 0.4) is 0 Å². The van der Waals surface area contributed by atoms with E-state index in [9.17, 15) is 0 Å². The van der Waals surface area contributed by atoms with Gasteiger partial charge in [0.1, 0.15) is 5.82 Å². The van der Waals surface area contributed by atoms with Crippen molar-refractivity contribution in [2.24, 2.45) is 5.92 Å². The minimum absolute atomic E-state index is 0.646. The Hall–Kier alpha value is -1.09. The standard InChI is InChI=1S/C13H23N3/c1-4-7-14-9-12-5-6-13(16-10-12)15-8-11(2)3/h5-6,10-11,14H,4,7-9H2,1-3H3,(H,15,16). The van der Waals surface area contributed by atoms with Crippen LogP contribution in [0.5, 0.6) is 0 Å². The molecule has 0 aliphatic heterocycles. The van der Waals surface area contributed by atoms with Crippen LogP contribution in [-0.4, -0.2) is 18.1 Å². The van der Waals surface area contributed by atoms with Crippen LogP contribution < -0.4 is 10.6 Å². The number of aromatic nitrogens is 1. The molecule has 0 fully saturated rings. The fourth-order valence-corrected chi connectivity index (χ4v) is 1.35. The molecular weight excluding hydrogens is 198 g/mol. The van der Waals surface area contributed by atoms with E-state index in [2.05, 4.69) is 42.5 Å². The Morgan fingerprint density at radius 3 is 2.69 bits per heavy atom. The first-order chi connectivity index (χ1) is 7.72. The molecule has 1 aromatic heterocycles. The number of anilines is 1. The number of nitrogens with zero attached hydrogens (tertiary/aromatic N) is 1. The summed E-state index contributed by atoms with van der Waals surface area (Å²) in [6.45, 7) is 9.50. The molecule has 90 valence electrons. The summed E-state index contributed by atoms with van der Waals surface area (Å²) in [6.07, 6.45) is 3.10. The molecule has 0 saturated carbocycles. The number of rotatable bonds is 7. The molecular formula is C13H23N3. The maximum atomic E-state index is 4.38. The van der Waals surface area contributed by atoms with Crippen molar-refractivity contribution in [3.63, 3.8) is 0 Å². The van der Waals surface area contributed by atoms with Gasteiger partial charge >= 0.3 is 0 Å². The minimum atomic E-state index is 0.646. The number of hydrogen-bond acceptors (Lipinski definition) is 3. The SMILES string of the molecule is CCCNCc1ccc(NCC(C)C)nc1. The lowest BCUT2D eigenvalue weighted by molar-refractivity contribution is 0.673. The van der Waals surface area contributed by atoms with Crippen LogP contribution >= 0.6 is 0 Å². The molecule has 0 aromatic carbocycles. The number of nitrogens with one attached hydrogen (secondary N) is 2. The highest BCUT2D eigenvalue weighted by Crippen LogP contribution is 2.05. The van der Waals surface area contributed by atoms with Crippen LogP contribution in [0.1, 0.15) is 32.8 Å². The second-order valence-corrected chi connectivity index (χ2v) is 4.50. The van der Waals surface area contributed by atoms with Crippen molar-refractivity contribution < 1.29 is 0 Å². The van der Waals surface area contributed by atoms with E-state index in [1.54, 1.807) is 0 Å². The Morgan fingerprint density at radius 1 is 1.31 bits per heavy atom. The third-order valence-corrected chi connectivity index (χ3v) is 2.27. The van der Waals surface area contributed by atoms with Gasteiger partial charge in [-0.3, -0.25) is 0 Å². The van der Waals surface area contributed by atoms with Gasteiger partial charge in [-0.1, -0.05) is 26.8 Å². The molecule has 0 bridgehead atoms. The third-order valence-electron chi connectivity index (χ3n) is 2.27.